The highest BCUT2D eigenvalue weighted by atomic mass is 79.9. The lowest BCUT2D eigenvalue weighted by Gasteiger charge is -2.06. The van der Waals surface area contributed by atoms with Crippen LogP contribution >= 0.6 is 39.1 Å². The van der Waals surface area contributed by atoms with Crippen molar-refractivity contribution in [1.82, 2.24) is 8.96 Å². The summed E-state index contributed by atoms with van der Waals surface area (Å²) in [6.45, 7) is 5.25. The third-order valence-corrected chi connectivity index (χ3v) is 6.69. The van der Waals surface area contributed by atoms with Gasteiger partial charge < -0.3 is 0 Å². The van der Waals surface area contributed by atoms with Crippen LogP contribution in [0.4, 0.5) is 0 Å². The maximum absolute atomic E-state index is 13.2. The maximum Gasteiger partial charge on any atom is 0.269 e. The average molecular weight is 523 g/mol. The molecule has 0 amide bonds. The quantitative estimate of drug-likeness (QED) is 0.295. The second-order valence-corrected chi connectivity index (χ2v) is 9.96. The van der Waals surface area contributed by atoms with Gasteiger partial charge >= 0.3 is 0 Å². The van der Waals surface area contributed by atoms with Crippen LogP contribution in [0, 0.1) is 11.3 Å². The molecule has 152 valence electrons. The van der Waals surface area contributed by atoms with Gasteiger partial charge in [-0.1, -0.05) is 48.0 Å². The molecule has 0 aliphatic rings. The zero-order chi connectivity index (χ0) is 22.1. The van der Waals surface area contributed by atoms with E-state index in [0.29, 0.717) is 20.5 Å². The van der Waals surface area contributed by atoms with Crippen LogP contribution in [0.15, 0.2) is 85.9 Å². The van der Waals surface area contributed by atoms with Gasteiger partial charge in [-0.3, -0.25) is 0 Å². The summed E-state index contributed by atoms with van der Waals surface area (Å²) in [6, 6.07) is 11.8. The van der Waals surface area contributed by atoms with Crippen molar-refractivity contribution in [1.29, 1.82) is 5.26 Å². The minimum atomic E-state index is -3.91. The first-order chi connectivity index (χ1) is 14.2. The number of benzene rings is 1. The van der Waals surface area contributed by atoms with Crippen LogP contribution in [0.1, 0.15) is 12.5 Å². The first-order valence-electron chi connectivity index (χ1n) is 8.47. The van der Waals surface area contributed by atoms with E-state index in [1.54, 1.807) is 31.2 Å². The van der Waals surface area contributed by atoms with E-state index in [4.69, 9.17) is 23.2 Å². The van der Waals surface area contributed by atoms with Gasteiger partial charge in [0.2, 0.25) is 0 Å². The Morgan fingerprint density at radius 2 is 1.97 bits per heavy atom. The predicted molar refractivity (Wildman–Crippen MR) is 124 cm³/mol. The Kier molecular flexibility index (Phi) is 6.53. The van der Waals surface area contributed by atoms with Gasteiger partial charge in [-0.25, -0.2) is 17.4 Å². The molecule has 3 aromatic rings. The molecule has 0 radical (unpaired) electrons. The van der Waals surface area contributed by atoms with Crippen LogP contribution in [0.2, 0.25) is 0 Å². The summed E-state index contributed by atoms with van der Waals surface area (Å²) in [5.74, 6) is 0. The van der Waals surface area contributed by atoms with Crippen molar-refractivity contribution in [2.75, 3.05) is 0 Å². The molecule has 30 heavy (non-hydrogen) atoms. The summed E-state index contributed by atoms with van der Waals surface area (Å²) >= 11 is 15.5. The fraction of sp³-hybridized carbons (Fsp3) is 0.0476. The lowest BCUT2D eigenvalue weighted by molar-refractivity contribution is 0.588. The molecular formula is C21H14BrCl2N3O2S. The van der Waals surface area contributed by atoms with E-state index in [-0.39, 0.29) is 26.7 Å². The van der Waals surface area contributed by atoms with Gasteiger partial charge in [-0.15, -0.1) is 0 Å². The highest BCUT2D eigenvalue weighted by Gasteiger charge is 2.22. The van der Waals surface area contributed by atoms with Crippen molar-refractivity contribution in [2.24, 2.45) is 0 Å². The summed E-state index contributed by atoms with van der Waals surface area (Å²) < 4.78 is 28.2. The predicted octanol–water partition coefficient (Wildman–Crippen LogP) is 6.21. The van der Waals surface area contributed by atoms with Crippen molar-refractivity contribution in [2.45, 2.75) is 11.8 Å². The van der Waals surface area contributed by atoms with Gasteiger partial charge in [0.1, 0.15) is 0 Å². The molecule has 0 aliphatic carbocycles. The summed E-state index contributed by atoms with van der Waals surface area (Å²) in [5.41, 5.74) is 1.13. The average Bonchev–Trinajstić information content (AvgIpc) is 3.05. The lowest BCUT2D eigenvalue weighted by atomic mass is 10.0. The summed E-state index contributed by atoms with van der Waals surface area (Å²) in [6.07, 6.45) is 4.44. The van der Waals surface area contributed by atoms with Crippen molar-refractivity contribution in [3.8, 4) is 6.07 Å². The Hall–Kier alpha value is -2.37. The Bertz CT molecular complexity index is 1360. The number of fused-ring (bicyclic) bond motifs is 1. The number of allylic oxidation sites excluding steroid dienone is 4. The molecule has 0 spiro atoms. The van der Waals surface area contributed by atoms with E-state index >= 15 is 0 Å². The van der Waals surface area contributed by atoms with Crippen LogP contribution in [-0.4, -0.2) is 17.4 Å². The van der Waals surface area contributed by atoms with Gasteiger partial charge in [-0.2, -0.15) is 5.26 Å². The van der Waals surface area contributed by atoms with Crippen molar-refractivity contribution < 1.29 is 8.42 Å². The third-order valence-electron chi connectivity index (χ3n) is 4.21. The molecule has 0 saturated heterocycles. The van der Waals surface area contributed by atoms with Crippen molar-refractivity contribution in [3.63, 3.8) is 0 Å². The van der Waals surface area contributed by atoms with E-state index in [2.05, 4.69) is 33.6 Å². The third kappa shape index (κ3) is 4.23. The number of nitriles is 1. The molecule has 0 saturated carbocycles. The number of rotatable bonds is 5. The van der Waals surface area contributed by atoms with E-state index in [9.17, 15) is 13.7 Å². The topological polar surface area (TPSA) is 75.8 Å². The summed E-state index contributed by atoms with van der Waals surface area (Å²) in [5, 5.41) is 10.6. The van der Waals surface area contributed by atoms with Gasteiger partial charge in [-0.05, 0) is 47.1 Å². The molecule has 2 aromatic heterocycles. The number of nitrogens with zero attached hydrogens (tertiary/aromatic N) is 3. The van der Waals surface area contributed by atoms with E-state index < -0.39 is 10.0 Å². The van der Waals surface area contributed by atoms with E-state index in [1.165, 1.54) is 30.6 Å². The van der Waals surface area contributed by atoms with Gasteiger partial charge in [0.15, 0.2) is 5.65 Å². The lowest BCUT2D eigenvalue weighted by Crippen LogP contribution is -2.12. The standard InChI is InChI=1S/C21H14BrCl2N3O2S/c1-13(23)20(14(2)24)15(10-25)8-16-12-27(21-19(16)9-17(22)11-26-21)30(28,29)18-6-4-3-5-7-18/h3-9,11-12H,1H2,2H3. The Balaban J connectivity index is 2.33. The van der Waals surface area contributed by atoms with Crippen molar-refractivity contribution >= 4 is 66.3 Å². The zero-order valence-electron chi connectivity index (χ0n) is 15.6. The molecule has 0 bridgehead atoms. The Morgan fingerprint density at radius 1 is 1.30 bits per heavy atom. The molecule has 0 N–H and O–H groups in total. The van der Waals surface area contributed by atoms with E-state index in [0.717, 1.165) is 3.97 Å². The molecular weight excluding hydrogens is 509 g/mol. The monoisotopic (exact) mass is 521 g/mol. The van der Waals surface area contributed by atoms with Crippen molar-refractivity contribution in [3.05, 3.63) is 86.6 Å². The van der Waals surface area contributed by atoms with Crippen LogP contribution in [0.25, 0.3) is 17.1 Å². The molecule has 5 nitrogen and oxygen atoms in total. The SMILES string of the molecule is C=C(Cl)C(C(C#N)=Cc1cn(S(=O)(=O)c2ccccc2)c2ncc(Br)cc12)=C(C)Cl. The number of aromatic nitrogens is 2. The summed E-state index contributed by atoms with van der Waals surface area (Å²) in [4.78, 5) is 4.40. The molecule has 0 fully saturated rings. The number of hydrogen-bond acceptors (Lipinski definition) is 4. The summed E-state index contributed by atoms with van der Waals surface area (Å²) in [7, 11) is -3.91. The van der Waals surface area contributed by atoms with Gasteiger partial charge in [0.25, 0.3) is 10.0 Å². The van der Waals surface area contributed by atoms with Gasteiger partial charge in [0.05, 0.1) is 16.5 Å². The molecule has 0 unspecified atom stereocenters. The highest BCUT2D eigenvalue weighted by molar-refractivity contribution is 9.10. The maximum atomic E-state index is 13.2. The van der Waals surface area contributed by atoms with Crippen LogP contribution in [0.3, 0.4) is 0 Å². The second-order valence-electron chi connectivity index (χ2n) is 6.21. The minimum Gasteiger partial charge on any atom is -0.236 e. The largest absolute Gasteiger partial charge is 0.269 e. The molecule has 2 heterocycles. The minimum absolute atomic E-state index is 0.107. The second kappa shape index (κ2) is 8.78. The Labute approximate surface area is 192 Å². The van der Waals surface area contributed by atoms with Crippen LogP contribution in [-0.2, 0) is 10.0 Å². The molecule has 1 aromatic carbocycles. The molecule has 3 rings (SSSR count). The highest BCUT2D eigenvalue weighted by Crippen LogP contribution is 2.32. The number of halogens is 3. The fourth-order valence-electron chi connectivity index (χ4n) is 2.92. The van der Waals surface area contributed by atoms with E-state index in [1.807, 2.05) is 0 Å². The smallest absolute Gasteiger partial charge is 0.236 e. The van der Waals surface area contributed by atoms with Gasteiger partial charge in [0, 0.05) is 43.5 Å². The number of pyridine rings is 1. The molecule has 0 atom stereocenters. The van der Waals surface area contributed by atoms with Crippen LogP contribution in [0.5, 0.6) is 0 Å². The number of hydrogen-bond donors (Lipinski definition) is 0. The first kappa shape index (κ1) is 22.3. The molecule has 9 heteroatoms. The first-order valence-corrected chi connectivity index (χ1v) is 11.5. The zero-order valence-corrected chi connectivity index (χ0v) is 19.5. The fourth-order valence-corrected chi connectivity index (χ4v) is 5.11. The normalized spacial score (nSPS) is 13.1. The van der Waals surface area contributed by atoms with Crippen LogP contribution < -0.4 is 0 Å². The Morgan fingerprint density at radius 3 is 2.53 bits per heavy atom. The molecule has 0 aliphatic heterocycles.